The minimum absolute atomic E-state index is 0.129. The number of anilines is 1. The fourth-order valence-corrected chi connectivity index (χ4v) is 4.43. The third-order valence-electron chi connectivity index (χ3n) is 5.36. The van der Waals surface area contributed by atoms with Crippen molar-refractivity contribution in [1.82, 2.24) is 14.5 Å². The number of pyridine rings is 1. The van der Waals surface area contributed by atoms with E-state index in [1.54, 1.807) is 31.6 Å². The molecule has 152 valence electrons. The average Bonchev–Trinajstić information content (AvgIpc) is 3.34. The number of hydrogen-bond acceptors (Lipinski definition) is 5. The lowest BCUT2D eigenvalue weighted by molar-refractivity contribution is 0.358. The Morgan fingerprint density at radius 1 is 1.28 bits per heavy atom. The summed E-state index contributed by atoms with van der Waals surface area (Å²) < 4.78 is 7.17. The first-order chi connectivity index (χ1) is 14.0. The van der Waals surface area contributed by atoms with E-state index in [0.29, 0.717) is 27.6 Å². The first-order valence-corrected chi connectivity index (χ1v) is 10.4. The number of hydrogen-bond donors (Lipinski definition) is 2. The molecule has 0 spiro atoms. The number of aromatic nitrogens is 3. The zero-order valence-corrected chi connectivity index (χ0v) is 18.0. The number of ether oxygens (including phenoxy) is 1. The fraction of sp³-hybridized carbons (Fsp3) is 0.350. The van der Waals surface area contributed by atoms with Crippen LogP contribution < -0.4 is 5.32 Å². The molecule has 0 amide bonds. The number of fused-ring (bicyclic) bond motifs is 1. The molecule has 0 bridgehead atoms. The van der Waals surface area contributed by atoms with E-state index in [0.717, 1.165) is 41.7 Å². The summed E-state index contributed by atoms with van der Waals surface area (Å²) in [6.07, 6.45) is 4.48. The highest BCUT2D eigenvalue weighted by Gasteiger charge is 2.31. The third kappa shape index (κ3) is 4.15. The molecule has 4 rings (SSSR count). The number of rotatable bonds is 5. The van der Waals surface area contributed by atoms with Crippen molar-refractivity contribution in [2.45, 2.75) is 31.8 Å². The molecule has 2 N–H and O–H groups in total. The van der Waals surface area contributed by atoms with Crippen LogP contribution in [0.15, 0.2) is 30.6 Å². The van der Waals surface area contributed by atoms with Gasteiger partial charge in [-0.1, -0.05) is 34.8 Å². The van der Waals surface area contributed by atoms with Gasteiger partial charge in [-0.15, -0.1) is 0 Å². The van der Waals surface area contributed by atoms with E-state index in [2.05, 4.69) is 19.9 Å². The van der Waals surface area contributed by atoms with Gasteiger partial charge >= 0.3 is 0 Å². The van der Waals surface area contributed by atoms with E-state index in [9.17, 15) is 0 Å². The molecule has 2 atom stereocenters. The Labute approximate surface area is 183 Å². The molecule has 9 heteroatoms. The van der Waals surface area contributed by atoms with Crippen molar-refractivity contribution in [3.8, 4) is 0 Å². The van der Waals surface area contributed by atoms with Crippen molar-refractivity contribution in [3.63, 3.8) is 0 Å². The second-order valence-electron chi connectivity index (χ2n) is 7.14. The second-order valence-corrected chi connectivity index (χ2v) is 8.37. The second kappa shape index (κ2) is 8.38. The zero-order valence-electron chi connectivity index (χ0n) is 15.8. The van der Waals surface area contributed by atoms with Crippen LogP contribution in [-0.2, 0) is 11.3 Å². The predicted octanol–water partition coefficient (Wildman–Crippen LogP) is 5.97. The first kappa shape index (κ1) is 20.3. The molecule has 1 aromatic carbocycles. The molecule has 0 aliphatic heterocycles. The van der Waals surface area contributed by atoms with Crippen LogP contribution >= 0.6 is 34.8 Å². The Morgan fingerprint density at radius 2 is 2.10 bits per heavy atom. The number of halogens is 3. The van der Waals surface area contributed by atoms with Crippen molar-refractivity contribution >= 4 is 57.6 Å². The standard InChI is InChI=1S/C20H20Cl3N5O/c1-29-19(24)11-2-4-14(7-11)28-10-26-18-16(8-17(23)27-20(18)28)25-9-12-6-13(21)3-5-15(12)22/h3,5-6,8,10-11,14,24H,2,4,7,9H2,1H3,(H,25,27)/t11-,14?/m1/s1. The highest BCUT2D eigenvalue weighted by atomic mass is 35.5. The lowest BCUT2D eigenvalue weighted by Gasteiger charge is -2.14. The van der Waals surface area contributed by atoms with E-state index in [-0.39, 0.29) is 12.0 Å². The maximum Gasteiger partial charge on any atom is 0.183 e. The van der Waals surface area contributed by atoms with E-state index in [1.165, 1.54) is 0 Å². The van der Waals surface area contributed by atoms with Gasteiger partial charge in [0.15, 0.2) is 11.5 Å². The first-order valence-electron chi connectivity index (χ1n) is 9.29. The van der Waals surface area contributed by atoms with Gasteiger partial charge < -0.3 is 14.6 Å². The van der Waals surface area contributed by atoms with Crippen molar-refractivity contribution < 1.29 is 4.74 Å². The Kier molecular flexibility index (Phi) is 5.86. The summed E-state index contributed by atoms with van der Waals surface area (Å²) in [6.45, 7) is 0.484. The molecule has 1 aliphatic carbocycles. The molecule has 2 aromatic heterocycles. The topological polar surface area (TPSA) is 75.8 Å². The highest BCUT2D eigenvalue weighted by Crippen LogP contribution is 2.38. The quantitative estimate of drug-likeness (QED) is 0.284. The molecular formula is C20H20Cl3N5O. The summed E-state index contributed by atoms with van der Waals surface area (Å²) in [6, 6.07) is 7.34. The molecule has 2 heterocycles. The summed E-state index contributed by atoms with van der Waals surface area (Å²) >= 11 is 18.7. The van der Waals surface area contributed by atoms with E-state index < -0.39 is 0 Å². The van der Waals surface area contributed by atoms with Crippen LogP contribution in [0, 0.1) is 11.3 Å². The van der Waals surface area contributed by atoms with Gasteiger partial charge in [-0.3, -0.25) is 5.41 Å². The Balaban J connectivity index is 1.60. The lowest BCUT2D eigenvalue weighted by atomic mass is 10.1. The van der Waals surface area contributed by atoms with Crippen LogP contribution in [0.4, 0.5) is 5.69 Å². The van der Waals surface area contributed by atoms with Gasteiger partial charge in [-0.05, 0) is 43.0 Å². The normalized spacial score (nSPS) is 18.9. The fourth-order valence-electron chi connectivity index (χ4n) is 3.86. The molecule has 1 unspecified atom stereocenters. The Morgan fingerprint density at radius 3 is 2.90 bits per heavy atom. The predicted molar refractivity (Wildman–Crippen MR) is 117 cm³/mol. The van der Waals surface area contributed by atoms with Crippen molar-refractivity contribution in [2.24, 2.45) is 5.92 Å². The van der Waals surface area contributed by atoms with Gasteiger partial charge in [0.2, 0.25) is 0 Å². The van der Waals surface area contributed by atoms with Gasteiger partial charge in [-0.2, -0.15) is 0 Å². The van der Waals surface area contributed by atoms with Crippen molar-refractivity contribution in [1.29, 1.82) is 5.41 Å². The highest BCUT2D eigenvalue weighted by molar-refractivity contribution is 6.33. The molecule has 1 saturated carbocycles. The minimum atomic E-state index is 0.129. The molecular weight excluding hydrogens is 433 g/mol. The SMILES string of the molecule is COC(=N)[C@@H]1CCC(n2cnc3c(NCc4cc(Cl)ccc4Cl)cc(Cl)nc32)C1. The van der Waals surface area contributed by atoms with Crippen LogP contribution in [0.2, 0.25) is 15.2 Å². The number of nitrogens with one attached hydrogen (secondary N) is 2. The molecule has 0 radical (unpaired) electrons. The Hall–Kier alpha value is -2.02. The van der Waals surface area contributed by atoms with Crippen molar-refractivity contribution in [2.75, 3.05) is 12.4 Å². The number of benzene rings is 1. The summed E-state index contributed by atoms with van der Waals surface area (Å²) in [5.74, 6) is 0.466. The lowest BCUT2D eigenvalue weighted by Crippen LogP contribution is -2.13. The van der Waals surface area contributed by atoms with E-state index in [1.807, 2.05) is 6.07 Å². The average molecular weight is 453 g/mol. The van der Waals surface area contributed by atoms with E-state index >= 15 is 0 Å². The summed E-state index contributed by atoms with van der Waals surface area (Å²) in [7, 11) is 1.55. The van der Waals surface area contributed by atoms with Crippen LogP contribution in [0.1, 0.15) is 30.9 Å². The summed E-state index contributed by atoms with van der Waals surface area (Å²) in [5.41, 5.74) is 3.15. The monoisotopic (exact) mass is 451 g/mol. The van der Waals surface area contributed by atoms with Crippen LogP contribution in [0.5, 0.6) is 0 Å². The van der Waals surface area contributed by atoms with Gasteiger partial charge in [0, 0.05) is 34.6 Å². The van der Waals surface area contributed by atoms with Crippen LogP contribution in [0.3, 0.4) is 0 Å². The maximum atomic E-state index is 7.94. The molecule has 29 heavy (non-hydrogen) atoms. The zero-order chi connectivity index (χ0) is 20.5. The van der Waals surface area contributed by atoms with Gasteiger partial charge in [0.1, 0.15) is 10.7 Å². The molecule has 1 aliphatic rings. The Bertz CT molecular complexity index is 1070. The smallest absolute Gasteiger partial charge is 0.183 e. The third-order valence-corrected chi connectivity index (χ3v) is 6.16. The largest absolute Gasteiger partial charge is 0.484 e. The van der Waals surface area contributed by atoms with Gasteiger partial charge in [0.05, 0.1) is 19.1 Å². The number of imidazole rings is 1. The van der Waals surface area contributed by atoms with Gasteiger partial charge in [0.25, 0.3) is 0 Å². The van der Waals surface area contributed by atoms with E-state index in [4.69, 9.17) is 44.9 Å². The molecule has 1 fully saturated rings. The summed E-state index contributed by atoms with van der Waals surface area (Å²) in [5, 5.41) is 12.9. The summed E-state index contributed by atoms with van der Waals surface area (Å²) in [4.78, 5) is 9.09. The molecule has 3 aromatic rings. The minimum Gasteiger partial charge on any atom is -0.484 e. The van der Waals surface area contributed by atoms with Crippen LogP contribution in [-0.4, -0.2) is 27.5 Å². The van der Waals surface area contributed by atoms with Crippen molar-refractivity contribution in [3.05, 3.63) is 51.4 Å². The number of methoxy groups -OCH3 is 1. The van der Waals surface area contributed by atoms with Gasteiger partial charge in [-0.25, -0.2) is 9.97 Å². The van der Waals surface area contributed by atoms with Crippen LogP contribution in [0.25, 0.3) is 11.2 Å². The number of nitrogens with zero attached hydrogens (tertiary/aromatic N) is 3. The molecule has 0 saturated heterocycles. The maximum absolute atomic E-state index is 7.94. The molecule has 6 nitrogen and oxygen atoms in total.